The van der Waals surface area contributed by atoms with Gasteiger partial charge in [-0.2, -0.15) is 4.72 Å². The Labute approximate surface area is 177 Å². The predicted octanol–water partition coefficient (Wildman–Crippen LogP) is 5.22. The Bertz CT molecular complexity index is 1280. The third kappa shape index (κ3) is 4.08. The maximum absolute atomic E-state index is 13.3. The number of aryl methyl sites for hydroxylation is 1. The number of hydrogen-bond acceptors (Lipinski definition) is 3. The summed E-state index contributed by atoms with van der Waals surface area (Å²) in [4.78, 5) is 0.231. The summed E-state index contributed by atoms with van der Waals surface area (Å²) in [5, 5.41) is 1.76. The number of sulfonamides is 1. The molecule has 0 saturated carbocycles. The average molecular weight is 418 g/mol. The van der Waals surface area contributed by atoms with E-state index in [1.165, 1.54) is 0 Å². The fourth-order valence-corrected chi connectivity index (χ4v) is 4.83. The van der Waals surface area contributed by atoms with E-state index in [4.69, 9.17) is 4.74 Å². The molecule has 30 heavy (non-hydrogen) atoms. The third-order valence-corrected chi connectivity index (χ3v) is 6.66. The van der Waals surface area contributed by atoms with E-state index in [1.807, 2.05) is 79.7 Å². The molecule has 0 heterocycles. The van der Waals surface area contributed by atoms with Crippen LogP contribution in [0.5, 0.6) is 5.75 Å². The number of hydrogen-bond donors (Lipinski definition) is 1. The van der Waals surface area contributed by atoms with E-state index in [1.54, 1.807) is 25.3 Å². The van der Waals surface area contributed by atoms with Gasteiger partial charge in [-0.15, -0.1) is 0 Å². The van der Waals surface area contributed by atoms with E-state index >= 15 is 0 Å². The number of fused-ring (bicyclic) bond motifs is 1. The lowest BCUT2D eigenvalue weighted by Crippen LogP contribution is -2.30. The molecule has 0 radical (unpaired) electrons. The van der Waals surface area contributed by atoms with Crippen molar-refractivity contribution in [2.75, 3.05) is 7.11 Å². The van der Waals surface area contributed by atoms with E-state index < -0.39 is 16.1 Å². The van der Waals surface area contributed by atoms with Crippen LogP contribution < -0.4 is 9.46 Å². The van der Waals surface area contributed by atoms with Crippen molar-refractivity contribution in [2.45, 2.75) is 17.9 Å². The second-order valence-electron chi connectivity index (χ2n) is 7.20. The zero-order chi connectivity index (χ0) is 21.1. The Morgan fingerprint density at radius 3 is 2.20 bits per heavy atom. The standard InChI is InChI=1S/C25H23NO3S/c1-18-8-6-7-11-24(18)25(19-9-4-3-5-10-19)26-30(27,28)23-15-13-20-16-22(29-2)14-12-21(20)17-23/h3-17,25-26H,1-2H3. The van der Waals surface area contributed by atoms with Crippen molar-refractivity contribution in [1.29, 1.82) is 0 Å². The molecular weight excluding hydrogens is 394 g/mol. The van der Waals surface area contributed by atoms with Gasteiger partial charge in [0.1, 0.15) is 5.75 Å². The molecule has 0 amide bonds. The van der Waals surface area contributed by atoms with E-state index in [-0.39, 0.29) is 4.90 Å². The summed E-state index contributed by atoms with van der Waals surface area (Å²) in [6.45, 7) is 1.99. The third-order valence-electron chi connectivity index (χ3n) is 5.23. The molecule has 0 fully saturated rings. The first-order valence-electron chi connectivity index (χ1n) is 9.68. The molecule has 0 aliphatic rings. The highest BCUT2D eigenvalue weighted by molar-refractivity contribution is 7.89. The van der Waals surface area contributed by atoms with Crippen LogP contribution in [0, 0.1) is 6.92 Å². The maximum atomic E-state index is 13.3. The SMILES string of the molecule is COc1ccc2cc(S(=O)(=O)NC(c3ccccc3)c3ccccc3C)ccc2c1. The normalized spacial score (nSPS) is 12.6. The molecule has 0 aliphatic carbocycles. The summed E-state index contributed by atoms with van der Waals surface area (Å²) in [6, 6.07) is 27.7. The second kappa shape index (κ2) is 8.30. The quantitative estimate of drug-likeness (QED) is 0.468. The molecule has 152 valence electrons. The van der Waals surface area contributed by atoms with Crippen LogP contribution in [0.3, 0.4) is 0 Å². The van der Waals surface area contributed by atoms with E-state index in [2.05, 4.69) is 4.72 Å². The zero-order valence-electron chi connectivity index (χ0n) is 16.9. The lowest BCUT2D eigenvalue weighted by molar-refractivity contribution is 0.415. The summed E-state index contributed by atoms with van der Waals surface area (Å²) >= 11 is 0. The van der Waals surface area contributed by atoms with Crippen LogP contribution in [0.4, 0.5) is 0 Å². The van der Waals surface area contributed by atoms with Crippen molar-refractivity contribution >= 4 is 20.8 Å². The summed E-state index contributed by atoms with van der Waals surface area (Å²) < 4.78 is 34.8. The Hall–Kier alpha value is -3.15. The van der Waals surface area contributed by atoms with Gasteiger partial charge in [-0.3, -0.25) is 0 Å². The molecule has 4 aromatic carbocycles. The number of nitrogens with one attached hydrogen (secondary N) is 1. The molecule has 0 aromatic heterocycles. The lowest BCUT2D eigenvalue weighted by Gasteiger charge is -2.22. The maximum Gasteiger partial charge on any atom is 0.241 e. The fourth-order valence-electron chi connectivity index (χ4n) is 3.59. The van der Waals surface area contributed by atoms with Gasteiger partial charge in [0.05, 0.1) is 18.0 Å². The molecule has 4 aromatic rings. The number of benzene rings is 4. The predicted molar refractivity (Wildman–Crippen MR) is 120 cm³/mol. The van der Waals surface area contributed by atoms with Gasteiger partial charge in [0.2, 0.25) is 10.0 Å². The summed E-state index contributed by atoms with van der Waals surface area (Å²) in [6.07, 6.45) is 0. The smallest absolute Gasteiger partial charge is 0.241 e. The molecule has 0 saturated heterocycles. The van der Waals surface area contributed by atoms with Crippen molar-refractivity contribution in [2.24, 2.45) is 0 Å². The second-order valence-corrected chi connectivity index (χ2v) is 8.91. The highest BCUT2D eigenvalue weighted by Crippen LogP contribution is 2.28. The molecule has 0 bridgehead atoms. The van der Waals surface area contributed by atoms with Gasteiger partial charge in [-0.05, 0) is 58.7 Å². The lowest BCUT2D eigenvalue weighted by atomic mass is 9.96. The topological polar surface area (TPSA) is 55.4 Å². The number of ether oxygens (including phenoxy) is 1. The van der Waals surface area contributed by atoms with Crippen LogP contribution in [0.2, 0.25) is 0 Å². The van der Waals surface area contributed by atoms with Gasteiger partial charge < -0.3 is 4.74 Å². The highest BCUT2D eigenvalue weighted by Gasteiger charge is 2.24. The molecule has 5 heteroatoms. The van der Waals surface area contributed by atoms with Crippen molar-refractivity contribution in [3.8, 4) is 5.75 Å². The zero-order valence-corrected chi connectivity index (χ0v) is 17.7. The van der Waals surface area contributed by atoms with Crippen LogP contribution in [0.15, 0.2) is 95.9 Å². The van der Waals surface area contributed by atoms with Gasteiger partial charge in [0.25, 0.3) is 0 Å². The number of methoxy groups -OCH3 is 1. The Morgan fingerprint density at radius 1 is 0.800 bits per heavy atom. The van der Waals surface area contributed by atoms with Crippen LogP contribution in [0.1, 0.15) is 22.7 Å². The van der Waals surface area contributed by atoms with Gasteiger partial charge in [0.15, 0.2) is 0 Å². The molecule has 1 unspecified atom stereocenters. The van der Waals surface area contributed by atoms with E-state index in [0.29, 0.717) is 0 Å². The van der Waals surface area contributed by atoms with E-state index in [9.17, 15) is 8.42 Å². The van der Waals surface area contributed by atoms with Crippen LogP contribution >= 0.6 is 0 Å². The molecular formula is C25H23NO3S. The van der Waals surface area contributed by atoms with Gasteiger partial charge in [-0.1, -0.05) is 66.7 Å². The molecule has 4 rings (SSSR count). The van der Waals surface area contributed by atoms with Gasteiger partial charge in [-0.25, -0.2) is 8.42 Å². The Kier molecular flexibility index (Phi) is 5.57. The summed E-state index contributed by atoms with van der Waals surface area (Å²) in [5.74, 6) is 0.736. The largest absolute Gasteiger partial charge is 0.497 e. The first kappa shape index (κ1) is 20.1. The van der Waals surface area contributed by atoms with Crippen molar-refractivity contribution in [3.63, 3.8) is 0 Å². The monoisotopic (exact) mass is 417 g/mol. The van der Waals surface area contributed by atoms with Crippen LogP contribution in [-0.2, 0) is 10.0 Å². The minimum atomic E-state index is -3.76. The Balaban J connectivity index is 1.75. The molecule has 4 nitrogen and oxygen atoms in total. The number of rotatable bonds is 6. The average Bonchev–Trinajstić information content (AvgIpc) is 2.78. The van der Waals surface area contributed by atoms with Crippen LogP contribution in [-0.4, -0.2) is 15.5 Å². The van der Waals surface area contributed by atoms with Crippen molar-refractivity contribution in [3.05, 3.63) is 108 Å². The first-order chi connectivity index (χ1) is 14.5. The highest BCUT2D eigenvalue weighted by atomic mass is 32.2. The molecule has 1 atom stereocenters. The molecule has 0 aliphatic heterocycles. The molecule has 1 N–H and O–H groups in total. The minimum Gasteiger partial charge on any atom is -0.497 e. The van der Waals surface area contributed by atoms with Crippen molar-refractivity contribution in [1.82, 2.24) is 4.72 Å². The first-order valence-corrected chi connectivity index (χ1v) is 11.2. The minimum absolute atomic E-state index is 0.231. The summed E-state index contributed by atoms with van der Waals surface area (Å²) in [5.41, 5.74) is 2.85. The van der Waals surface area contributed by atoms with Gasteiger partial charge >= 0.3 is 0 Å². The Morgan fingerprint density at radius 2 is 1.47 bits per heavy atom. The van der Waals surface area contributed by atoms with Crippen LogP contribution in [0.25, 0.3) is 10.8 Å². The molecule has 0 spiro atoms. The van der Waals surface area contributed by atoms with E-state index in [0.717, 1.165) is 33.2 Å². The van der Waals surface area contributed by atoms with Crippen molar-refractivity contribution < 1.29 is 13.2 Å². The van der Waals surface area contributed by atoms with Gasteiger partial charge in [0, 0.05) is 0 Å². The fraction of sp³-hybridized carbons (Fsp3) is 0.120. The summed E-state index contributed by atoms with van der Waals surface area (Å²) in [7, 11) is -2.15.